The van der Waals surface area contributed by atoms with Crippen molar-refractivity contribution in [2.24, 2.45) is 0 Å². The molecule has 1 aliphatic rings. The van der Waals surface area contributed by atoms with Crippen LogP contribution in [0, 0.1) is 0 Å². The van der Waals surface area contributed by atoms with Crippen LogP contribution in [0.25, 0.3) is 0 Å². The van der Waals surface area contributed by atoms with Crippen molar-refractivity contribution in [3.8, 4) is 11.5 Å². The zero-order valence-electron chi connectivity index (χ0n) is 11.5. The molecule has 0 amide bonds. The Morgan fingerprint density at radius 2 is 1.95 bits per heavy atom. The van der Waals surface area contributed by atoms with Crippen molar-refractivity contribution in [3.05, 3.63) is 59.7 Å². The molecule has 0 bridgehead atoms. The lowest BCUT2D eigenvalue weighted by atomic mass is 10.2. The first-order valence-corrected chi connectivity index (χ1v) is 6.85. The summed E-state index contributed by atoms with van der Waals surface area (Å²) in [7, 11) is 0. The summed E-state index contributed by atoms with van der Waals surface area (Å²) >= 11 is 0. The summed E-state index contributed by atoms with van der Waals surface area (Å²) in [6.45, 7) is 1.69. The normalized spacial score (nSPS) is 16.3. The minimum Gasteiger partial charge on any atom is -0.491 e. The van der Waals surface area contributed by atoms with E-state index in [0.29, 0.717) is 30.3 Å². The van der Waals surface area contributed by atoms with E-state index in [4.69, 9.17) is 14.2 Å². The SMILES string of the molecule is O=Cc1cc(OC[C@@H]2CO2)ccc1OCc1ccccc1. The third-order valence-electron chi connectivity index (χ3n) is 3.18. The lowest BCUT2D eigenvalue weighted by Crippen LogP contribution is -2.05. The maximum atomic E-state index is 11.2. The van der Waals surface area contributed by atoms with Crippen LogP contribution >= 0.6 is 0 Å². The molecule has 1 heterocycles. The van der Waals surface area contributed by atoms with Gasteiger partial charge < -0.3 is 14.2 Å². The Labute approximate surface area is 123 Å². The standard InChI is InChI=1S/C17H16O4/c18-9-14-8-15(19-11-16-12-20-16)6-7-17(14)21-10-13-4-2-1-3-5-13/h1-9,16H,10-12H2/t16-/m1/s1. The van der Waals surface area contributed by atoms with Crippen molar-refractivity contribution < 1.29 is 19.0 Å². The Hall–Kier alpha value is -2.33. The summed E-state index contributed by atoms with van der Waals surface area (Å²) in [4.78, 5) is 11.2. The molecule has 2 aromatic rings. The molecule has 1 atom stereocenters. The smallest absolute Gasteiger partial charge is 0.153 e. The molecule has 1 fully saturated rings. The number of epoxide rings is 1. The van der Waals surface area contributed by atoms with Gasteiger partial charge in [0.15, 0.2) is 6.29 Å². The molecule has 4 heteroatoms. The molecule has 0 spiro atoms. The molecule has 0 radical (unpaired) electrons. The first-order chi connectivity index (χ1) is 10.3. The molecule has 1 saturated heterocycles. The Morgan fingerprint density at radius 1 is 1.14 bits per heavy atom. The maximum Gasteiger partial charge on any atom is 0.153 e. The van der Waals surface area contributed by atoms with Gasteiger partial charge in [0.2, 0.25) is 0 Å². The fourth-order valence-electron chi connectivity index (χ4n) is 1.93. The molecule has 0 saturated carbocycles. The maximum absolute atomic E-state index is 11.2. The van der Waals surface area contributed by atoms with Gasteiger partial charge in [-0.1, -0.05) is 30.3 Å². The van der Waals surface area contributed by atoms with Gasteiger partial charge in [0.05, 0.1) is 12.2 Å². The number of hydrogen-bond donors (Lipinski definition) is 0. The molecule has 21 heavy (non-hydrogen) atoms. The Kier molecular flexibility index (Phi) is 4.17. The molecule has 0 unspecified atom stereocenters. The number of benzene rings is 2. The monoisotopic (exact) mass is 284 g/mol. The van der Waals surface area contributed by atoms with Gasteiger partial charge in [0.25, 0.3) is 0 Å². The second-order valence-corrected chi connectivity index (χ2v) is 4.86. The van der Waals surface area contributed by atoms with Gasteiger partial charge in [-0.15, -0.1) is 0 Å². The highest BCUT2D eigenvalue weighted by Crippen LogP contribution is 2.24. The highest BCUT2D eigenvalue weighted by molar-refractivity contribution is 5.80. The first kappa shape index (κ1) is 13.6. The van der Waals surface area contributed by atoms with Gasteiger partial charge in [-0.3, -0.25) is 4.79 Å². The van der Waals surface area contributed by atoms with Crippen LogP contribution in [0.3, 0.4) is 0 Å². The van der Waals surface area contributed by atoms with Gasteiger partial charge in [0.1, 0.15) is 30.8 Å². The van der Waals surface area contributed by atoms with Crippen LogP contribution in [0.1, 0.15) is 15.9 Å². The van der Waals surface area contributed by atoms with Crippen LogP contribution in [-0.2, 0) is 11.3 Å². The van der Waals surface area contributed by atoms with Gasteiger partial charge in [0, 0.05) is 0 Å². The van der Waals surface area contributed by atoms with Gasteiger partial charge in [-0.05, 0) is 23.8 Å². The third-order valence-corrected chi connectivity index (χ3v) is 3.18. The average molecular weight is 284 g/mol. The Morgan fingerprint density at radius 3 is 2.67 bits per heavy atom. The zero-order chi connectivity index (χ0) is 14.5. The molecule has 0 N–H and O–H groups in total. The second-order valence-electron chi connectivity index (χ2n) is 4.86. The molecule has 1 aliphatic heterocycles. The van der Waals surface area contributed by atoms with Crippen molar-refractivity contribution >= 4 is 6.29 Å². The number of carbonyl (C=O) groups excluding carboxylic acids is 1. The van der Waals surface area contributed by atoms with E-state index in [1.54, 1.807) is 18.2 Å². The van der Waals surface area contributed by atoms with E-state index in [1.807, 2.05) is 30.3 Å². The molecule has 4 nitrogen and oxygen atoms in total. The van der Waals surface area contributed by atoms with E-state index in [-0.39, 0.29) is 6.10 Å². The highest BCUT2D eigenvalue weighted by Gasteiger charge is 2.23. The lowest BCUT2D eigenvalue weighted by molar-refractivity contribution is 0.111. The predicted molar refractivity (Wildman–Crippen MR) is 77.8 cm³/mol. The van der Waals surface area contributed by atoms with E-state index in [0.717, 1.165) is 18.5 Å². The number of hydrogen-bond acceptors (Lipinski definition) is 4. The molecule has 3 rings (SSSR count). The quantitative estimate of drug-likeness (QED) is 0.579. The van der Waals surface area contributed by atoms with Gasteiger partial charge >= 0.3 is 0 Å². The molecule has 0 aliphatic carbocycles. The van der Waals surface area contributed by atoms with Crippen molar-refractivity contribution in [3.63, 3.8) is 0 Å². The summed E-state index contributed by atoms with van der Waals surface area (Å²) in [5.74, 6) is 1.21. The Bertz CT molecular complexity index is 605. The van der Waals surface area contributed by atoms with Gasteiger partial charge in [-0.2, -0.15) is 0 Å². The van der Waals surface area contributed by atoms with Gasteiger partial charge in [-0.25, -0.2) is 0 Å². The lowest BCUT2D eigenvalue weighted by Gasteiger charge is -2.10. The summed E-state index contributed by atoms with van der Waals surface area (Å²) in [6.07, 6.45) is 0.972. The van der Waals surface area contributed by atoms with Crippen LogP contribution in [0.5, 0.6) is 11.5 Å². The molecular weight excluding hydrogens is 268 g/mol. The minimum atomic E-state index is 0.193. The van der Waals surface area contributed by atoms with Crippen molar-refractivity contribution in [1.82, 2.24) is 0 Å². The number of ether oxygens (including phenoxy) is 3. The van der Waals surface area contributed by atoms with E-state index in [1.165, 1.54) is 0 Å². The number of carbonyl (C=O) groups is 1. The van der Waals surface area contributed by atoms with Crippen molar-refractivity contribution in [1.29, 1.82) is 0 Å². The van der Waals surface area contributed by atoms with Crippen LogP contribution in [0.2, 0.25) is 0 Å². The van der Waals surface area contributed by atoms with E-state index >= 15 is 0 Å². The van der Waals surface area contributed by atoms with Crippen LogP contribution in [0.4, 0.5) is 0 Å². The van der Waals surface area contributed by atoms with E-state index in [2.05, 4.69) is 0 Å². The summed E-state index contributed by atoms with van der Waals surface area (Å²) in [5, 5.41) is 0. The number of aldehydes is 1. The molecule has 108 valence electrons. The number of rotatable bonds is 7. The topological polar surface area (TPSA) is 48.1 Å². The first-order valence-electron chi connectivity index (χ1n) is 6.85. The summed E-state index contributed by atoms with van der Waals surface area (Å²) in [5.41, 5.74) is 1.54. The van der Waals surface area contributed by atoms with Crippen molar-refractivity contribution in [2.45, 2.75) is 12.7 Å². The fourth-order valence-corrected chi connectivity index (χ4v) is 1.93. The fraction of sp³-hybridized carbons (Fsp3) is 0.235. The predicted octanol–water partition coefficient (Wildman–Crippen LogP) is 2.86. The van der Waals surface area contributed by atoms with Crippen LogP contribution < -0.4 is 9.47 Å². The summed E-state index contributed by atoms with van der Waals surface area (Å²) in [6, 6.07) is 15.1. The highest BCUT2D eigenvalue weighted by atomic mass is 16.6. The second kappa shape index (κ2) is 6.41. The average Bonchev–Trinajstić information content (AvgIpc) is 3.36. The molecular formula is C17H16O4. The molecule has 0 aromatic heterocycles. The van der Waals surface area contributed by atoms with Crippen LogP contribution in [0.15, 0.2) is 48.5 Å². The van der Waals surface area contributed by atoms with Crippen LogP contribution in [-0.4, -0.2) is 25.6 Å². The van der Waals surface area contributed by atoms with E-state index in [9.17, 15) is 4.79 Å². The Balaban J connectivity index is 1.64. The zero-order valence-corrected chi connectivity index (χ0v) is 11.5. The largest absolute Gasteiger partial charge is 0.491 e. The van der Waals surface area contributed by atoms with Crippen molar-refractivity contribution in [2.75, 3.05) is 13.2 Å². The summed E-state index contributed by atoms with van der Waals surface area (Å²) < 4.78 is 16.3. The third kappa shape index (κ3) is 3.83. The minimum absolute atomic E-state index is 0.193. The van der Waals surface area contributed by atoms with E-state index < -0.39 is 0 Å². The molecule has 2 aromatic carbocycles.